The van der Waals surface area contributed by atoms with Crippen molar-refractivity contribution in [3.8, 4) is 0 Å². The van der Waals surface area contributed by atoms with E-state index in [4.69, 9.17) is 21.1 Å². The van der Waals surface area contributed by atoms with Crippen LogP contribution in [-0.4, -0.2) is 44.6 Å². The van der Waals surface area contributed by atoms with E-state index in [9.17, 15) is 4.79 Å². The van der Waals surface area contributed by atoms with Gasteiger partial charge in [-0.05, 0) is 13.0 Å². The molecule has 2 atom stereocenters. The number of carbonyl (C=O) groups excluding carboxylic acids is 1. The molecular formula is C9H20NO3PS. The zero-order valence-electron chi connectivity index (χ0n) is 10.2. The van der Waals surface area contributed by atoms with E-state index in [0.29, 0.717) is 0 Å². The van der Waals surface area contributed by atoms with E-state index in [-0.39, 0.29) is 17.9 Å². The van der Waals surface area contributed by atoms with Gasteiger partial charge in [0.1, 0.15) is 12.5 Å². The summed E-state index contributed by atoms with van der Waals surface area (Å²) in [5.74, 6) is -0.125. The average molecular weight is 253 g/mol. The molecule has 0 aromatic rings. The number of esters is 1. The lowest BCUT2D eigenvalue weighted by Gasteiger charge is -2.34. The molecule has 0 aliphatic rings. The summed E-state index contributed by atoms with van der Waals surface area (Å²) >= 11 is 5.34. The van der Waals surface area contributed by atoms with Gasteiger partial charge in [-0.15, -0.1) is 0 Å². The van der Waals surface area contributed by atoms with Crippen LogP contribution in [0.1, 0.15) is 13.8 Å². The second-order valence-electron chi connectivity index (χ2n) is 3.77. The fourth-order valence-corrected chi connectivity index (χ4v) is 2.71. The van der Waals surface area contributed by atoms with Crippen LogP contribution in [-0.2, 0) is 25.9 Å². The number of hydrogen-bond donors (Lipinski definition) is 0. The Bertz CT molecular complexity index is 270. The quantitative estimate of drug-likeness (QED) is 0.551. The monoisotopic (exact) mass is 253 g/mol. The van der Waals surface area contributed by atoms with Crippen molar-refractivity contribution >= 4 is 24.2 Å². The topological polar surface area (TPSA) is 38.8 Å². The molecule has 0 aromatic heterocycles. The maximum Gasteiger partial charge on any atom is 0.323 e. The van der Waals surface area contributed by atoms with Crippen LogP contribution in [0.25, 0.3) is 0 Å². The molecule has 1 unspecified atom stereocenters. The van der Waals surface area contributed by atoms with Crippen molar-refractivity contribution in [1.29, 1.82) is 0 Å². The minimum absolute atomic E-state index is 0.139. The lowest BCUT2D eigenvalue weighted by atomic mass is 10.1. The highest BCUT2D eigenvalue weighted by molar-refractivity contribution is 8.10. The lowest BCUT2D eigenvalue weighted by molar-refractivity contribution is -0.146. The molecule has 0 rings (SSSR count). The van der Waals surface area contributed by atoms with Crippen molar-refractivity contribution in [2.75, 3.05) is 27.9 Å². The number of hydrogen-bond acceptors (Lipinski definition) is 4. The molecule has 0 N–H and O–H groups in total. The van der Waals surface area contributed by atoms with Crippen LogP contribution in [0.4, 0.5) is 0 Å². The number of nitrogens with zero attached hydrogens (tertiary/aromatic N) is 1. The first kappa shape index (κ1) is 15.0. The van der Waals surface area contributed by atoms with E-state index in [2.05, 4.69) is 0 Å². The van der Waals surface area contributed by atoms with Gasteiger partial charge in [-0.1, -0.05) is 25.7 Å². The smallest absolute Gasteiger partial charge is 0.323 e. The Labute approximate surface area is 97.1 Å². The highest BCUT2D eigenvalue weighted by Crippen LogP contribution is 2.47. The molecule has 6 heteroatoms. The number of ether oxygens (including phenoxy) is 1. The van der Waals surface area contributed by atoms with Crippen molar-refractivity contribution in [3.05, 3.63) is 0 Å². The molecule has 0 spiro atoms. The maximum atomic E-state index is 11.6. The first-order chi connectivity index (χ1) is 6.77. The summed E-state index contributed by atoms with van der Waals surface area (Å²) in [4.78, 5) is 11.6. The summed E-state index contributed by atoms with van der Waals surface area (Å²) in [6.07, 6.45) is -2.08. The molecule has 0 fully saturated rings. The van der Waals surface area contributed by atoms with Gasteiger partial charge in [-0.2, -0.15) is 0 Å². The highest BCUT2D eigenvalue weighted by atomic mass is 32.4. The third kappa shape index (κ3) is 3.83. The molecule has 0 amide bonds. The van der Waals surface area contributed by atoms with Crippen LogP contribution in [0.5, 0.6) is 0 Å². The third-order valence-electron chi connectivity index (χ3n) is 2.39. The summed E-state index contributed by atoms with van der Waals surface area (Å²) in [7, 11) is 4.77. The van der Waals surface area contributed by atoms with Crippen molar-refractivity contribution < 1.29 is 14.1 Å². The van der Waals surface area contributed by atoms with Gasteiger partial charge in [-0.25, -0.2) is 4.67 Å². The van der Waals surface area contributed by atoms with Gasteiger partial charge in [-0.3, -0.25) is 4.79 Å². The maximum absolute atomic E-state index is 11.6. The van der Waals surface area contributed by atoms with Crippen LogP contribution < -0.4 is 0 Å². The second kappa shape index (κ2) is 5.94. The fraction of sp³-hybridized carbons (Fsp3) is 0.889. The number of likely N-dealkylation sites (N-methyl/N-ethyl adjacent to an activating group) is 1. The van der Waals surface area contributed by atoms with Gasteiger partial charge in [0.05, 0.1) is 7.11 Å². The summed E-state index contributed by atoms with van der Waals surface area (Å²) in [5, 5.41) is 0. The summed E-state index contributed by atoms with van der Waals surface area (Å²) < 4.78 is 11.9. The molecule has 15 heavy (non-hydrogen) atoms. The molecule has 90 valence electrons. The molecule has 0 saturated carbocycles. The van der Waals surface area contributed by atoms with Crippen LogP contribution in [0, 0.1) is 5.92 Å². The Balaban J connectivity index is 4.94. The third-order valence-corrected chi connectivity index (χ3v) is 5.68. The lowest BCUT2D eigenvalue weighted by Crippen LogP contribution is -2.41. The number of rotatable bonds is 5. The van der Waals surface area contributed by atoms with E-state index in [1.54, 1.807) is 7.11 Å². The van der Waals surface area contributed by atoms with E-state index < -0.39 is 6.42 Å². The molecule has 0 saturated heterocycles. The van der Waals surface area contributed by atoms with Crippen molar-refractivity contribution in [3.63, 3.8) is 0 Å². The van der Waals surface area contributed by atoms with E-state index in [1.165, 1.54) is 7.11 Å². The van der Waals surface area contributed by atoms with Crippen LogP contribution >= 0.6 is 6.42 Å². The van der Waals surface area contributed by atoms with Crippen molar-refractivity contribution in [2.24, 2.45) is 5.92 Å². The molecular weight excluding hydrogens is 233 g/mol. The van der Waals surface area contributed by atoms with Crippen molar-refractivity contribution in [2.45, 2.75) is 19.9 Å². The first-order valence-electron chi connectivity index (χ1n) is 4.72. The summed E-state index contributed by atoms with van der Waals surface area (Å²) in [6.45, 7) is 5.77. The normalized spacial score (nSPS) is 17.6. The van der Waals surface area contributed by atoms with Gasteiger partial charge >= 0.3 is 5.97 Å². The Morgan fingerprint density at radius 3 is 2.13 bits per heavy atom. The molecule has 0 aromatic carbocycles. The average Bonchev–Trinajstić information content (AvgIpc) is 2.16. The largest absolute Gasteiger partial charge is 0.468 e. The van der Waals surface area contributed by atoms with Crippen LogP contribution in [0.3, 0.4) is 0 Å². The van der Waals surface area contributed by atoms with Gasteiger partial charge in [0.25, 0.3) is 0 Å². The standard InChI is InChI=1S/C9H20NO3PS/c1-7(2)8(9(11)12-4)10(3)14(6,15)13-5/h7-8H,1-6H3/t8-,14?/m0/s1. The SMILES string of the molecule is COC(=O)[C@H](C(C)C)N(C)P(C)(=S)OC. The van der Waals surface area contributed by atoms with Crippen molar-refractivity contribution in [1.82, 2.24) is 4.67 Å². The first-order valence-corrected chi connectivity index (χ1v) is 7.84. The van der Waals surface area contributed by atoms with E-state index >= 15 is 0 Å². The molecule has 0 radical (unpaired) electrons. The van der Waals surface area contributed by atoms with Crippen LogP contribution in [0.15, 0.2) is 0 Å². The van der Waals surface area contributed by atoms with Crippen LogP contribution in [0.2, 0.25) is 0 Å². The molecule has 0 aliphatic heterocycles. The summed E-state index contributed by atoms with van der Waals surface area (Å²) in [5.41, 5.74) is 0. The molecule has 0 heterocycles. The molecule has 0 bridgehead atoms. The Morgan fingerprint density at radius 1 is 1.40 bits per heavy atom. The minimum atomic E-state index is -2.08. The van der Waals surface area contributed by atoms with Gasteiger partial charge < -0.3 is 9.26 Å². The Hall–Kier alpha value is 0.0400. The minimum Gasteiger partial charge on any atom is -0.468 e. The Morgan fingerprint density at radius 2 is 1.87 bits per heavy atom. The molecule has 4 nitrogen and oxygen atoms in total. The number of methoxy groups -OCH3 is 1. The highest BCUT2D eigenvalue weighted by Gasteiger charge is 2.33. The summed E-state index contributed by atoms with van der Waals surface area (Å²) in [6, 6.07) is -0.342. The fourth-order valence-electron chi connectivity index (χ4n) is 1.33. The zero-order valence-corrected chi connectivity index (χ0v) is 11.9. The Kier molecular flexibility index (Phi) is 5.96. The molecule has 0 aliphatic carbocycles. The predicted octanol–water partition coefficient (Wildman–Crippen LogP) is 1.70. The van der Waals surface area contributed by atoms with Gasteiger partial charge in [0, 0.05) is 13.8 Å². The van der Waals surface area contributed by atoms with E-state index in [0.717, 1.165) is 0 Å². The van der Waals surface area contributed by atoms with Gasteiger partial charge in [0.15, 0.2) is 0 Å². The second-order valence-corrected chi connectivity index (χ2v) is 8.41. The van der Waals surface area contributed by atoms with Gasteiger partial charge in [0.2, 0.25) is 0 Å². The zero-order chi connectivity index (χ0) is 12.2. The van der Waals surface area contributed by atoms with E-state index in [1.807, 2.05) is 32.2 Å². The predicted molar refractivity (Wildman–Crippen MR) is 65.6 cm³/mol. The number of carbonyl (C=O) groups is 1.